The molecule has 520 valence electrons. The molecule has 0 spiro atoms. The summed E-state index contributed by atoms with van der Waals surface area (Å²) in [5.41, 5.74) is 0. The van der Waals surface area contributed by atoms with E-state index in [0.29, 0.717) is 6.54 Å². The van der Waals surface area contributed by atoms with Crippen LogP contribution in [0.1, 0.15) is 156 Å². The van der Waals surface area contributed by atoms with Gasteiger partial charge in [0.2, 0.25) is 65.0 Å². The average Bonchev–Trinajstić information content (AvgIpc) is 0.993. The number of nitrogens with one attached hydrogen (secondary N) is 5. The van der Waals surface area contributed by atoms with Crippen molar-refractivity contribution in [2.45, 2.75) is 223 Å². The lowest BCUT2D eigenvalue weighted by atomic mass is 9.91. The minimum absolute atomic E-state index is 0.0230. The van der Waals surface area contributed by atoms with Crippen molar-refractivity contribution in [3.05, 3.63) is 12.2 Å². The van der Waals surface area contributed by atoms with Crippen LogP contribution in [0.2, 0.25) is 0 Å². The predicted molar refractivity (Wildman–Crippen MR) is 348 cm³/mol. The summed E-state index contributed by atoms with van der Waals surface area (Å²) >= 11 is 0. The van der Waals surface area contributed by atoms with Crippen LogP contribution in [0.5, 0.6) is 0 Å². The Hall–Kier alpha value is -6.86. The van der Waals surface area contributed by atoms with Gasteiger partial charge in [0.15, 0.2) is 0 Å². The Morgan fingerprint density at radius 3 is 1.42 bits per heavy atom. The quantitative estimate of drug-likeness (QED) is 0.108. The molecule has 0 aromatic rings. The Morgan fingerprint density at radius 2 is 0.945 bits per heavy atom. The van der Waals surface area contributed by atoms with Gasteiger partial charge >= 0.3 is 6.09 Å². The van der Waals surface area contributed by atoms with E-state index in [2.05, 4.69) is 26.6 Å². The first-order valence-corrected chi connectivity index (χ1v) is 32.4. The molecule has 0 aliphatic carbocycles. The van der Waals surface area contributed by atoms with E-state index in [1.165, 1.54) is 87.7 Å². The van der Waals surface area contributed by atoms with Gasteiger partial charge in [-0.2, -0.15) is 0 Å². The van der Waals surface area contributed by atoms with Crippen LogP contribution in [-0.4, -0.2) is 246 Å². The Bertz CT molecular complexity index is 2510. The van der Waals surface area contributed by atoms with Gasteiger partial charge < -0.3 is 70.7 Å². The van der Waals surface area contributed by atoms with Gasteiger partial charge in [0.25, 0.3) is 0 Å². The Kier molecular flexibility index (Phi) is 34.5. The SMILES string of the molecule is CCNC(=O)OC/C=C/C[C@@H](C)[C@@H](O)C1C(=O)N[C@@H](CC)C(=O)N(C)CC(=O)N(C)[C@@H](CC(C)C)C(=O)N[C@@H](C(C)C)C(=O)N(C)C(CC(C)C)C(=O)N[C@@H](C)C(=O)N[C@H](C)C(=O)N(C)[C@H](CC(C)C)C(=O)N(C)C(CC(C)C)C(=O)N(C)[C@@H](C(C)C)C(=O)N1C. The molecule has 1 aliphatic rings. The molecule has 0 saturated carbocycles. The summed E-state index contributed by atoms with van der Waals surface area (Å²) in [6.07, 6.45) is 1.56. The number of likely N-dealkylation sites (N-methyl/N-ethyl adjacent to an activating group) is 7. The molecule has 1 rings (SSSR count). The van der Waals surface area contributed by atoms with Gasteiger partial charge in [0, 0.05) is 55.9 Å². The maximum atomic E-state index is 15.3. The molecule has 1 heterocycles. The maximum Gasteiger partial charge on any atom is 0.407 e. The highest BCUT2D eigenvalue weighted by Gasteiger charge is 2.46. The third-order valence-electron chi connectivity index (χ3n) is 16.6. The van der Waals surface area contributed by atoms with Gasteiger partial charge in [-0.05, 0) is 101 Å². The second-order valence-electron chi connectivity index (χ2n) is 27.1. The van der Waals surface area contributed by atoms with Gasteiger partial charge in [-0.1, -0.05) is 109 Å². The third-order valence-corrected chi connectivity index (χ3v) is 16.6. The number of nitrogens with zero attached hydrogens (tertiary/aromatic N) is 7. The van der Waals surface area contributed by atoms with Crippen LogP contribution in [0.15, 0.2) is 12.2 Å². The van der Waals surface area contributed by atoms with E-state index >= 15 is 14.4 Å². The summed E-state index contributed by atoms with van der Waals surface area (Å²) in [6.45, 7) is 29.2. The number of rotatable bonds is 18. The van der Waals surface area contributed by atoms with Crippen LogP contribution in [0.4, 0.5) is 4.79 Å². The van der Waals surface area contributed by atoms with Crippen molar-refractivity contribution >= 4 is 71.1 Å². The minimum atomic E-state index is -1.71. The lowest BCUT2D eigenvalue weighted by Gasteiger charge is -2.41. The van der Waals surface area contributed by atoms with Gasteiger partial charge in [0.1, 0.15) is 67.0 Å². The van der Waals surface area contributed by atoms with Crippen molar-refractivity contribution in [1.82, 2.24) is 60.9 Å². The fourth-order valence-electron chi connectivity index (χ4n) is 11.0. The number of alkyl carbamates (subject to hydrolysis) is 1. The molecule has 26 nitrogen and oxygen atoms in total. The molecule has 3 unspecified atom stereocenters. The molecule has 1 saturated heterocycles. The van der Waals surface area contributed by atoms with Crippen LogP contribution >= 0.6 is 0 Å². The van der Waals surface area contributed by atoms with Crippen LogP contribution < -0.4 is 26.6 Å². The van der Waals surface area contributed by atoms with Gasteiger partial charge in [-0.25, -0.2) is 4.79 Å². The van der Waals surface area contributed by atoms with Crippen molar-refractivity contribution < 1.29 is 67.4 Å². The molecular weight excluding hydrogens is 1170 g/mol. The van der Waals surface area contributed by atoms with Crippen molar-refractivity contribution in [1.29, 1.82) is 0 Å². The summed E-state index contributed by atoms with van der Waals surface area (Å²) in [7, 11) is 9.77. The first kappa shape index (κ1) is 82.2. The first-order chi connectivity index (χ1) is 42.1. The molecule has 1 aliphatic heterocycles. The van der Waals surface area contributed by atoms with Gasteiger partial charge in [-0.3, -0.25) is 52.7 Å². The normalized spacial score (nSPS) is 25.8. The topological polar surface area (TPSA) is 317 Å². The first-order valence-electron chi connectivity index (χ1n) is 32.4. The number of ether oxygens (including phenoxy) is 1. The van der Waals surface area contributed by atoms with Crippen molar-refractivity contribution in [2.24, 2.45) is 41.4 Å². The molecule has 12 amide bonds. The van der Waals surface area contributed by atoms with E-state index in [0.717, 1.165) is 9.80 Å². The summed E-state index contributed by atoms with van der Waals surface area (Å²) in [5.74, 6) is -10.4. The Balaban J connectivity index is 4.35. The Morgan fingerprint density at radius 1 is 0.505 bits per heavy atom. The molecule has 0 aromatic carbocycles. The summed E-state index contributed by atoms with van der Waals surface area (Å²) in [5, 5.41) is 25.7. The molecule has 0 radical (unpaired) electrons. The second-order valence-corrected chi connectivity index (χ2v) is 27.1. The third kappa shape index (κ3) is 24.3. The Labute approximate surface area is 542 Å². The number of aliphatic hydroxyl groups excluding tert-OH is 1. The zero-order valence-corrected chi connectivity index (χ0v) is 59.3. The maximum absolute atomic E-state index is 15.3. The minimum Gasteiger partial charge on any atom is -0.445 e. The smallest absolute Gasteiger partial charge is 0.407 e. The monoisotopic (exact) mass is 1290 g/mol. The van der Waals surface area contributed by atoms with E-state index < -0.39 is 162 Å². The van der Waals surface area contributed by atoms with Gasteiger partial charge in [0.05, 0.1) is 12.6 Å². The van der Waals surface area contributed by atoms with E-state index in [1.54, 1.807) is 60.6 Å². The molecule has 12 atom stereocenters. The number of hydrogen-bond acceptors (Lipinski definition) is 14. The van der Waals surface area contributed by atoms with Crippen molar-refractivity contribution in [3.63, 3.8) is 0 Å². The fraction of sp³-hybridized carbons (Fsp3) is 0.785. The van der Waals surface area contributed by atoms with Crippen LogP contribution in [-0.2, 0) is 57.5 Å². The standard InChI is InChI=1S/C65H116N12O14/c1-25-45-60(85)71(18)35-50(78)72(19)46(31-36(3)4)57(82)70-51(40(11)12)63(88)73(20)47(32-37(5)6)56(81)67-43(16)55(80)68-44(17)59(84)74(21)48(33-38(7)8)61(86)75(22)49(34-39(9)10)62(87)76(23)52(41(13)14)64(89)77(24)53(58(83)69-45)54(79)42(15)29-27-28-30-91-65(90)66-26-2/h27-28,36-49,51-54,79H,25-26,29-35H2,1-24H3,(H,66,90)(H,67,81)(H,68,80)(H,69,83)(H,70,82)/b28-27+/t42-,43+,44-,45+,46+,47?,48-,49?,51+,52+,53?,54-/m1/s1. The van der Waals surface area contributed by atoms with E-state index in [1.807, 2.05) is 55.4 Å². The second kappa shape index (κ2) is 38.2. The van der Waals surface area contributed by atoms with Gasteiger partial charge in [-0.15, -0.1) is 0 Å². The fourth-order valence-corrected chi connectivity index (χ4v) is 11.0. The van der Waals surface area contributed by atoms with Crippen LogP contribution in [0.25, 0.3) is 0 Å². The van der Waals surface area contributed by atoms with Crippen molar-refractivity contribution in [2.75, 3.05) is 69.0 Å². The molecule has 0 aromatic heterocycles. The number of carbonyl (C=O) groups excluding carboxylic acids is 12. The highest BCUT2D eigenvalue weighted by molar-refractivity contribution is 5.99. The zero-order chi connectivity index (χ0) is 70.4. The van der Waals surface area contributed by atoms with E-state index in [4.69, 9.17) is 4.74 Å². The summed E-state index contributed by atoms with van der Waals surface area (Å²) < 4.78 is 5.14. The number of allylic oxidation sites excluding steroid dienone is 1. The number of aliphatic hydroxyl groups is 1. The van der Waals surface area contributed by atoms with Crippen LogP contribution in [0, 0.1) is 41.4 Å². The summed E-state index contributed by atoms with van der Waals surface area (Å²) in [4.78, 5) is 181. The molecule has 0 bridgehead atoms. The molecule has 26 heteroatoms. The summed E-state index contributed by atoms with van der Waals surface area (Å²) in [6, 6.07) is -12.7. The average molecular weight is 1290 g/mol. The largest absolute Gasteiger partial charge is 0.445 e. The highest BCUT2D eigenvalue weighted by Crippen LogP contribution is 2.26. The number of amides is 12. The molecule has 91 heavy (non-hydrogen) atoms. The lowest BCUT2D eigenvalue weighted by molar-refractivity contribution is -0.157. The van der Waals surface area contributed by atoms with E-state index in [-0.39, 0.29) is 68.8 Å². The molecule has 1 fully saturated rings. The molecule has 6 N–H and O–H groups in total. The molecular formula is C65H116N12O14. The zero-order valence-electron chi connectivity index (χ0n) is 59.3. The van der Waals surface area contributed by atoms with E-state index in [9.17, 15) is 48.3 Å². The highest BCUT2D eigenvalue weighted by atomic mass is 16.5. The lowest BCUT2D eigenvalue weighted by Crippen LogP contribution is -2.63. The van der Waals surface area contributed by atoms with Crippen LogP contribution in [0.3, 0.4) is 0 Å². The predicted octanol–water partition coefficient (Wildman–Crippen LogP) is 3.00. The number of carbonyl (C=O) groups is 12. The van der Waals surface area contributed by atoms with Crippen molar-refractivity contribution in [3.8, 4) is 0 Å². The number of hydrogen-bond donors (Lipinski definition) is 6.